The number of rotatable bonds is 3. The second kappa shape index (κ2) is 11.0. The molecule has 0 radical (unpaired) electrons. The van der Waals surface area contributed by atoms with Gasteiger partial charge in [-0.05, 0) is 75.5 Å². The molecule has 11 rings (SSSR count). The Balaban J connectivity index is 0.993. The highest BCUT2D eigenvalue weighted by Crippen LogP contribution is 2.43. The number of hydrogen-bond donors (Lipinski definition) is 0. The summed E-state index contributed by atoms with van der Waals surface area (Å²) in [5.41, 5.74) is 9.75. The van der Waals surface area contributed by atoms with Gasteiger partial charge < -0.3 is 0 Å². The molecule has 0 aliphatic rings. The molecule has 0 aliphatic carbocycles. The van der Waals surface area contributed by atoms with E-state index in [4.69, 9.17) is 9.97 Å². The van der Waals surface area contributed by atoms with Crippen LogP contribution in [-0.2, 0) is 0 Å². The van der Waals surface area contributed by atoms with Crippen LogP contribution in [0, 0.1) is 0 Å². The van der Waals surface area contributed by atoms with E-state index < -0.39 is 0 Å². The third-order valence-electron chi connectivity index (χ3n) is 10.3. The summed E-state index contributed by atoms with van der Waals surface area (Å²) >= 11 is 1.88. The Labute approximate surface area is 297 Å². The van der Waals surface area contributed by atoms with Crippen molar-refractivity contribution in [1.29, 1.82) is 0 Å². The number of aromatic nitrogens is 3. The van der Waals surface area contributed by atoms with Gasteiger partial charge in [0.1, 0.15) is 0 Å². The van der Waals surface area contributed by atoms with Gasteiger partial charge in [0, 0.05) is 65.1 Å². The predicted molar refractivity (Wildman–Crippen MR) is 217 cm³/mol. The second-order valence-electron chi connectivity index (χ2n) is 13.2. The molecule has 0 N–H and O–H groups in total. The first kappa shape index (κ1) is 28.4. The zero-order valence-corrected chi connectivity index (χ0v) is 28.2. The van der Waals surface area contributed by atoms with Crippen LogP contribution < -0.4 is 0 Å². The first-order valence-corrected chi connectivity index (χ1v) is 18.0. The monoisotopic (exact) mass is 665 g/mol. The van der Waals surface area contributed by atoms with Gasteiger partial charge in [-0.3, -0.25) is 9.97 Å². The Kier molecular flexibility index (Phi) is 6.12. The topological polar surface area (TPSA) is 38.7 Å². The molecule has 4 aromatic heterocycles. The number of nitrogens with zero attached hydrogens (tertiary/aromatic N) is 3. The van der Waals surface area contributed by atoms with Crippen LogP contribution >= 0.6 is 11.3 Å². The molecule has 3 nitrogen and oxygen atoms in total. The average molecular weight is 666 g/mol. The molecule has 0 fully saturated rings. The lowest BCUT2D eigenvalue weighted by atomic mass is 9.94. The van der Waals surface area contributed by atoms with E-state index in [0.29, 0.717) is 0 Å². The van der Waals surface area contributed by atoms with Gasteiger partial charge in [0.05, 0.1) is 22.2 Å². The zero-order valence-electron chi connectivity index (χ0n) is 27.3. The van der Waals surface area contributed by atoms with Crippen molar-refractivity contribution in [3.05, 3.63) is 164 Å². The van der Waals surface area contributed by atoms with Crippen molar-refractivity contribution < 1.29 is 0 Å². The quantitative estimate of drug-likeness (QED) is 0.176. The van der Waals surface area contributed by atoms with Crippen LogP contribution in [0.15, 0.2) is 164 Å². The first-order chi connectivity index (χ1) is 25.3. The summed E-state index contributed by atoms with van der Waals surface area (Å²) in [7, 11) is 0. The molecule has 51 heavy (non-hydrogen) atoms. The van der Waals surface area contributed by atoms with Crippen LogP contribution in [0.1, 0.15) is 0 Å². The van der Waals surface area contributed by atoms with Gasteiger partial charge in [0.2, 0.25) is 0 Å². The van der Waals surface area contributed by atoms with E-state index in [1.165, 1.54) is 69.4 Å². The average Bonchev–Trinajstić information content (AvgIpc) is 3.59. The normalized spacial score (nSPS) is 11.9. The molecule has 0 amide bonds. The number of fused-ring (bicyclic) bond motifs is 11. The lowest BCUT2D eigenvalue weighted by molar-refractivity contribution is 1.37. The largest absolute Gasteiger partial charge is 0.254 e. The maximum Gasteiger partial charge on any atom is 0.0970 e. The highest BCUT2D eigenvalue weighted by Gasteiger charge is 2.16. The second-order valence-corrected chi connectivity index (χ2v) is 14.2. The summed E-state index contributed by atoms with van der Waals surface area (Å²) in [6.45, 7) is 0. The molecule has 236 valence electrons. The van der Waals surface area contributed by atoms with Crippen LogP contribution in [0.3, 0.4) is 0 Å². The van der Waals surface area contributed by atoms with E-state index in [1.54, 1.807) is 0 Å². The lowest BCUT2D eigenvalue weighted by Crippen LogP contribution is -1.90. The summed E-state index contributed by atoms with van der Waals surface area (Å²) in [5, 5.41) is 10.9. The molecule has 0 atom stereocenters. The van der Waals surface area contributed by atoms with Crippen LogP contribution in [0.2, 0.25) is 0 Å². The molecule has 0 unspecified atom stereocenters. The van der Waals surface area contributed by atoms with Crippen molar-refractivity contribution in [3.8, 4) is 33.5 Å². The van der Waals surface area contributed by atoms with Gasteiger partial charge in [-0.1, -0.05) is 109 Å². The van der Waals surface area contributed by atoms with E-state index in [-0.39, 0.29) is 0 Å². The van der Waals surface area contributed by atoms with Crippen LogP contribution in [0.5, 0.6) is 0 Å². The summed E-state index contributed by atoms with van der Waals surface area (Å²) in [4.78, 5) is 14.6. The van der Waals surface area contributed by atoms with Crippen LogP contribution in [-0.4, -0.2) is 15.0 Å². The van der Waals surface area contributed by atoms with Gasteiger partial charge in [-0.25, -0.2) is 4.98 Å². The van der Waals surface area contributed by atoms with Gasteiger partial charge in [0.25, 0.3) is 0 Å². The maximum absolute atomic E-state index is 5.24. The summed E-state index contributed by atoms with van der Waals surface area (Å²) in [6, 6.07) is 54.7. The Morgan fingerprint density at radius 2 is 1.08 bits per heavy atom. The van der Waals surface area contributed by atoms with Crippen molar-refractivity contribution in [2.75, 3.05) is 0 Å². The standard InChI is InChI=1S/C47H27N3S/c1-3-11-41-38(9-1)43-39(22-21-37-35-8-2-4-12-42(35)51-47(37)43)44(50-41)29-15-13-28(14-16-29)30-17-18-32-26-33(20-19-31(32)25-30)40-27-34-7-5-23-48-45(34)46-36(40)10-6-24-49-46/h1-27H. The fourth-order valence-corrected chi connectivity index (χ4v) is 9.13. The number of hydrogen-bond acceptors (Lipinski definition) is 4. The predicted octanol–water partition coefficient (Wildman–Crippen LogP) is 13.0. The number of para-hydroxylation sites is 1. The van der Waals surface area contributed by atoms with E-state index >= 15 is 0 Å². The minimum Gasteiger partial charge on any atom is -0.254 e. The van der Waals surface area contributed by atoms with E-state index in [2.05, 4.69) is 145 Å². The molecule has 0 bridgehead atoms. The van der Waals surface area contributed by atoms with E-state index in [0.717, 1.165) is 38.6 Å². The van der Waals surface area contributed by atoms with Crippen molar-refractivity contribution >= 4 is 85.8 Å². The Bertz CT molecular complexity index is 3200. The maximum atomic E-state index is 5.24. The third kappa shape index (κ3) is 4.40. The van der Waals surface area contributed by atoms with Crippen molar-refractivity contribution in [1.82, 2.24) is 15.0 Å². The Hall–Kier alpha value is -6.49. The SMILES string of the molecule is c1cnc2c(c1)cc(-c1ccc3cc(-c4ccc(-c5nc6ccccc6c6c5ccc5c7ccccc7sc56)cc4)ccc3c1)c1cccnc12. The van der Waals surface area contributed by atoms with Crippen molar-refractivity contribution in [2.24, 2.45) is 0 Å². The molecule has 11 aromatic rings. The van der Waals surface area contributed by atoms with Crippen LogP contribution in [0.25, 0.3) is 108 Å². The Morgan fingerprint density at radius 3 is 1.96 bits per heavy atom. The molecule has 4 heteroatoms. The summed E-state index contributed by atoms with van der Waals surface area (Å²) < 4.78 is 2.64. The molecule has 0 aliphatic heterocycles. The smallest absolute Gasteiger partial charge is 0.0970 e. The minimum atomic E-state index is 0.935. The number of pyridine rings is 3. The molecule has 0 spiro atoms. The molecule has 0 saturated carbocycles. The Morgan fingerprint density at radius 1 is 0.412 bits per heavy atom. The van der Waals surface area contributed by atoms with E-state index in [1.807, 2.05) is 35.9 Å². The number of benzene rings is 7. The van der Waals surface area contributed by atoms with Gasteiger partial charge in [-0.15, -0.1) is 11.3 Å². The summed E-state index contributed by atoms with van der Waals surface area (Å²) in [5.74, 6) is 0. The molecule has 7 aromatic carbocycles. The van der Waals surface area contributed by atoms with Crippen molar-refractivity contribution in [3.63, 3.8) is 0 Å². The van der Waals surface area contributed by atoms with Crippen LogP contribution in [0.4, 0.5) is 0 Å². The highest BCUT2D eigenvalue weighted by molar-refractivity contribution is 7.26. The zero-order chi connectivity index (χ0) is 33.5. The van der Waals surface area contributed by atoms with Gasteiger partial charge in [-0.2, -0.15) is 0 Å². The molecule has 0 saturated heterocycles. The third-order valence-corrected chi connectivity index (χ3v) is 11.5. The summed E-state index contributed by atoms with van der Waals surface area (Å²) in [6.07, 6.45) is 3.68. The van der Waals surface area contributed by atoms with Crippen molar-refractivity contribution in [2.45, 2.75) is 0 Å². The number of thiophene rings is 1. The lowest BCUT2D eigenvalue weighted by Gasteiger charge is -2.12. The fraction of sp³-hybridized carbons (Fsp3) is 0. The molecule has 4 heterocycles. The van der Waals surface area contributed by atoms with Gasteiger partial charge in [0.15, 0.2) is 0 Å². The van der Waals surface area contributed by atoms with Gasteiger partial charge >= 0.3 is 0 Å². The highest BCUT2D eigenvalue weighted by atomic mass is 32.1. The molecular weight excluding hydrogens is 639 g/mol. The first-order valence-electron chi connectivity index (χ1n) is 17.2. The minimum absolute atomic E-state index is 0.935. The van der Waals surface area contributed by atoms with E-state index in [9.17, 15) is 0 Å². The fourth-order valence-electron chi connectivity index (χ4n) is 7.87. The molecular formula is C47H27N3S.